The summed E-state index contributed by atoms with van der Waals surface area (Å²) in [6.07, 6.45) is 0. The number of furan rings is 2. The van der Waals surface area contributed by atoms with Gasteiger partial charge in [-0.15, -0.1) is 0 Å². The molecule has 0 saturated heterocycles. The van der Waals surface area contributed by atoms with E-state index in [1.54, 1.807) is 0 Å². The molecule has 17 rings (SSSR count). The summed E-state index contributed by atoms with van der Waals surface area (Å²) in [5.74, 6) is 0. The molecule has 78 heavy (non-hydrogen) atoms. The Morgan fingerprint density at radius 1 is 0.167 bits per heavy atom. The Morgan fingerprint density at radius 2 is 0.513 bits per heavy atom. The first-order valence-corrected chi connectivity index (χ1v) is 26.9. The van der Waals surface area contributed by atoms with Crippen molar-refractivity contribution in [2.24, 2.45) is 0 Å². The van der Waals surface area contributed by atoms with Crippen LogP contribution in [0, 0.1) is 0 Å². The molecule has 0 spiro atoms. The van der Waals surface area contributed by atoms with Crippen LogP contribution in [0.4, 0.5) is 0 Å². The Balaban J connectivity index is 0.930. The number of hydrogen-bond donors (Lipinski definition) is 0. The van der Waals surface area contributed by atoms with Gasteiger partial charge in [-0.05, 0) is 186 Å². The Kier molecular flexibility index (Phi) is 9.16. The van der Waals surface area contributed by atoms with Gasteiger partial charge >= 0.3 is 0 Å². The van der Waals surface area contributed by atoms with Crippen molar-refractivity contribution in [2.75, 3.05) is 0 Å². The van der Waals surface area contributed by atoms with Crippen molar-refractivity contribution >= 4 is 119 Å². The topological polar surface area (TPSA) is 26.3 Å². The van der Waals surface area contributed by atoms with Gasteiger partial charge in [0.15, 0.2) is 0 Å². The first kappa shape index (κ1) is 43.0. The first-order valence-electron chi connectivity index (χ1n) is 26.9. The van der Waals surface area contributed by atoms with Crippen LogP contribution in [0.15, 0.2) is 276 Å². The maximum absolute atomic E-state index is 6.76. The highest BCUT2D eigenvalue weighted by molar-refractivity contribution is 6.26. The van der Waals surface area contributed by atoms with E-state index >= 15 is 0 Å². The van der Waals surface area contributed by atoms with Crippen molar-refractivity contribution in [2.45, 2.75) is 0 Å². The Morgan fingerprint density at radius 3 is 1.03 bits per heavy atom. The van der Waals surface area contributed by atoms with Crippen LogP contribution >= 0.6 is 0 Å². The fourth-order valence-corrected chi connectivity index (χ4v) is 13.3. The molecule has 0 amide bonds. The van der Waals surface area contributed by atoms with Gasteiger partial charge in [0.25, 0.3) is 0 Å². The van der Waals surface area contributed by atoms with Crippen LogP contribution in [0.2, 0.25) is 0 Å². The van der Waals surface area contributed by atoms with Gasteiger partial charge in [-0.2, -0.15) is 0 Å². The van der Waals surface area contributed by atoms with Gasteiger partial charge in [0, 0.05) is 21.5 Å². The monoisotopic (exact) mass is 988 g/mol. The molecule has 0 aliphatic rings. The van der Waals surface area contributed by atoms with Gasteiger partial charge in [-0.25, -0.2) is 0 Å². The smallest absolute Gasteiger partial charge is 0.136 e. The van der Waals surface area contributed by atoms with E-state index in [2.05, 4.69) is 267 Å². The van der Waals surface area contributed by atoms with Crippen LogP contribution in [0.5, 0.6) is 0 Å². The predicted molar refractivity (Wildman–Crippen MR) is 331 cm³/mol. The molecule has 0 radical (unpaired) electrons. The highest BCUT2D eigenvalue weighted by Gasteiger charge is 2.23. The Labute approximate surface area is 448 Å². The first-order chi connectivity index (χ1) is 38.7. The molecule has 0 bridgehead atoms. The van der Waals surface area contributed by atoms with E-state index in [4.69, 9.17) is 8.83 Å². The fourth-order valence-electron chi connectivity index (χ4n) is 13.3. The third-order valence-electron chi connectivity index (χ3n) is 16.8. The molecule has 360 valence electrons. The second kappa shape index (κ2) is 16.6. The normalized spacial score (nSPS) is 12.1. The third-order valence-corrected chi connectivity index (χ3v) is 16.8. The zero-order valence-electron chi connectivity index (χ0n) is 42.2. The van der Waals surface area contributed by atoms with Gasteiger partial charge in [-0.3, -0.25) is 0 Å². The number of hydrogen-bond acceptors (Lipinski definition) is 2. The van der Waals surface area contributed by atoms with Crippen molar-refractivity contribution in [3.63, 3.8) is 0 Å². The Bertz CT molecular complexity index is 5380. The van der Waals surface area contributed by atoms with E-state index in [9.17, 15) is 0 Å². The van der Waals surface area contributed by atoms with E-state index in [-0.39, 0.29) is 0 Å². The molecule has 0 aliphatic heterocycles. The van der Waals surface area contributed by atoms with Crippen LogP contribution in [-0.4, -0.2) is 0 Å². The quantitative estimate of drug-likeness (QED) is 0.161. The number of benzene rings is 15. The summed E-state index contributed by atoms with van der Waals surface area (Å²) in [4.78, 5) is 0. The van der Waals surface area contributed by atoms with Crippen LogP contribution in [-0.2, 0) is 0 Å². The molecule has 15 aromatic carbocycles. The molecule has 2 heteroatoms. The van der Waals surface area contributed by atoms with Crippen LogP contribution in [0.1, 0.15) is 0 Å². The lowest BCUT2D eigenvalue weighted by molar-refractivity contribution is 0.669. The molecule has 0 fully saturated rings. The average molecular weight is 989 g/mol. The molecular weight excluding hydrogens is 945 g/mol. The van der Waals surface area contributed by atoms with Crippen LogP contribution < -0.4 is 0 Å². The molecule has 2 heterocycles. The van der Waals surface area contributed by atoms with Crippen molar-refractivity contribution in [3.05, 3.63) is 267 Å². The van der Waals surface area contributed by atoms with Crippen molar-refractivity contribution in [1.82, 2.24) is 0 Å². The van der Waals surface area contributed by atoms with Crippen molar-refractivity contribution in [3.8, 4) is 55.6 Å². The summed E-state index contributed by atoms with van der Waals surface area (Å²) >= 11 is 0. The molecule has 0 unspecified atom stereocenters. The highest BCUT2D eigenvalue weighted by atomic mass is 16.3. The molecule has 2 aromatic heterocycles. The third kappa shape index (κ3) is 6.38. The molecule has 2 nitrogen and oxygen atoms in total. The minimum absolute atomic E-state index is 0.881. The lowest BCUT2D eigenvalue weighted by atomic mass is 9.83. The molecule has 17 aromatic rings. The zero-order valence-corrected chi connectivity index (χ0v) is 42.2. The largest absolute Gasteiger partial charge is 0.456 e. The van der Waals surface area contributed by atoms with Gasteiger partial charge in [0.1, 0.15) is 22.3 Å². The fraction of sp³-hybridized carbons (Fsp3) is 0. The van der Waals surface area contributed by atoms with E-state index in [0.717, 1.165) is 66.1 Å². The Hall–Kier alpha value is -10.3. The zero-order chi connectivity index (χ0) is 51.0. The molecule has 0 aliphatic carbocycles. The summed E-state index contributed by atoms with van der Waals surface area (Å²) in [5.41, 5.74) is 15.3. The van der Waals surface area contributed by atoms with E-state index < -0.39 is 0 Å². The second-order valence-corrected chi connectivity index (χ2v) is 21.0. The average Bonchev–Trinajstić information content (AvgIpc) is 4.22. The molecule has 0 saturated carbocycles. The standard InChI is InChI=1S/C76H44O2/c1-2-17-48(18-3-1)71-57-22-10-12-24-59(57)74(54-31-37-64-70(44-54)78-68-39-33-47-16-7-9-21-56(47)76(64)68)65-41-50(28-34-61(65)71)51-29-35-62-66(42-51)73(52-27-26-45-14-4-5-19-49(45)40-52)60-25-13-11-23-58(60)72(62)53-30-36-63-69(43-53)77-67-38-32-46-15-6-8-20-55(46)75(63)67/h1-44H. The van der Waals surface area contributed by atoms with Crippen LogP contribution in [0.3, 0.4) is 0 Å². The maximum Gasteiger partial charge on any atom is 0.136 e. The minimum Gasteiger partial charge on any atom is -0.456 e. The van der Waals surface area contributed by atoms with Gasteiger partial charge in [-0.1, -0.05) is 212 Å². The summed E-state index contributed by atoms with van der Waals surface area (Å²) in [5, 5.41) is 21.4. The van der Waals surface area contributed by atoms with Crippen molar-refractivity contribution in [1.29, 1.82) is 0 Å². The SMILES string of the molecule is c1ccc(-c2c3ccccc3c(-c3ccc4c(c3)oc3ccc5ccccc5c34)c3cc(-c4ccc5c(-c6ccc7c(c6)oc6ccc8ccccc8c67)c6ccccc6c(-c6ccc7ccccc7c6)c5c4)ccc23)cc1. The number of fused-ring (bicyclic) bond motifs is 15. The highest BCUT2D eigenvalue weighted by Crippen LogP contribution is 2.50. The molecule has 0 N–H and O–H groups in total. The van der Waals surface area contributed by atoms with Crippen LogP contribution in [0.25, 0.3) is 175 Å². The van der Waals surface area contributed by atoms with E-state index in [1.807, 2.05) is 0 Å². The second-order valence-electron chi connectivity index (χ2n) is 21.0. The van der Waals surface area contributed by atoms with Gasteiger partial charge in [0.2, 0.25) is 0 Å². The van der Waals surface area contributed by atoms with E-state index in [0.29, 0.717) is 0 Å². The number of rotatable bonds is 5. The summed E-state index contributed by atoms with van der Waals surface area (Å²) in [6.45, 7) is 0. The predicted octanol–water partition coefficient (Wildman–Crippen LogP) is 21.9. The summed E-state index contributed by atoms with van der Waals surface area (Å²) in [7, 11) is 0. The summed E-state index contributed by atoms with van der Waals surface area (Å²) < 4.78 is 13.5. The lowest BCUT2D eigenvalue weighted by Gasteiger charge is -2.20. The minimum atomic E-state index is 0.881. The maximum atomic E-state index is 6.76. The van der Waals surface area contributed by atoms with Gasteiger partial charge < -0.3 is 8.83 Å². The van der Waals surface area contributed by atoms with Crippen molar-refractivity contribution < 1.29 is 8.83 Å². The summed E-state index contributed by atoms with van der Waals surface area (Å²) in [6, 6.07) is 98.1. The van der Waals surface area contributed by atoms with E-state index in [1.165, 1.54) is 109 Å². The molecule has 0 atom stereocenters. The van der Waals surface area contributed by atoms with Gasteiger partial charge in [0.05, 0.1) is 0 Å². The lowest BCUT2D eigenvalue weighted by Crippen LogP contribution is -1.93. The molecular formula is C76H44O2.